The Hall–Kier alpha value is -0.970. The van der Waals surface area contributed by atoms with E-state index in [1.54, 1.807) is 7.11 Å². The van der Waals surface area contributed by atoms with E-state index in [4.69, 9.17) is 9.47 Å². The number of rotatable bonds is 5. The van der Waals surface area contributed by atoms with Crippen LogP contribution in [-0.4, -0.2) is 55.9 Å². The average Bonchev–Trinajstić information content (AvgIpc) is 2.80. The van der Waals surface area contributed by atoms with E-state index in [-0.39, 0.29) is 0 Å². The highest BCUT2D eigenvalue weighted by Gasteiger charge is 2.48. The van der Waals surface area contributed by atoms with Gasteiger partial charge < -0.3 is 9.47 Å². The quantitative estimate of drug-likeness (QED) is 0.802. The van der Waals surface area contributed by atoms with Gasteiger partial charge in [-0.05, 0) is 18.1 Å². The largest absolute Gasteiger partial charge is 0.383 e. The summed E-state index contributed by atoms with van der Waals surface area (Å²) < 4.78 is 11.1. The highest BCUT2D eigenvalue weighted by atomic mass is 16.5. The van der Waals surface area contributed by atoms with Gasteiger partial charge in [0, 0.05) is 51.0 Å². The smallest absolute Gasteiger partial charge is 0.0623 e. The van der Waals surface area contributed by atoms with Gasteiger partial charge in [0.2, 0.25) is 0 Å². The van der Waals surface area contributed by atoms with Crippen LogP contribution in [0.15, 0.2) is 24.5 Å². The summed E-state index contributed by atoms with van der Waals surface area (Å²) in [7, 11) is 1.76. The Morgan fingerprint density at radius 3 is 3.16 bits per heavy atom. The summed E-state index contributed by atoms with van der Waals surface area (Å²) in [6, 6.07) is 4.13. The number of methoxy groups -OCH3 is 1. The van der Waals surface area contributed by atoms with E-state index in [0.29, 0.717) is 11.5 Å². The second-order valence-corrected chi connectivity index (χ2v) is 5.91. The molecule has 0 aliphatic carbocycles. The monoisotopic (exact) mass is 262 g/mol. The highest BCUT2D eigenvalue weighted by molar-refractivity contribution is 5.11. The molecule has 4 heteroatoms. The van der Waals surface area contributed by atoms with E-state index in [0.717, 1.165) is 26.2 Å². The van der Waals surface area contributed by atoms with E-state index in [1.165, 1.54) is 25.1 Å². The molecule has 0 aromatic carbocycles. The van der Waals surface area contributed by atoms with Crippen molar-refractivity contribution < 1.29 is 9.47 Å². The van der Waals surface area contributed by atoms with Gasteiger partial charge in [-0.25, -0.2) is 0 Å². The van der Waals surface area contributed by atoms with Crippen LogP contribution >= 0.6 is 0 Å². The Morgan fingerprint density at radius 2 is 2.42 bits per heavy atom. The van der Waals surface area contributed by atoms with Crippen molar-refractivity contribution in [2.45, 2.75) is 18.9 Å². The first-order valence-corrected chi connectivity index (χ1v) is 7.01. The van der Waals surface area contributed by atoms with Crippen molar-refractivity contribution >= 4 is 0 Å². The number of pyridine rings is 1. The van der Waals surface area contributed by atoms with Crippen LogP contribution in [0.5, 0.6) is 0 Å². The molecule has 0 radical (unpaired) electrons. The molecular weight excluding hydrogens is 240 g/mol. The molecule has 19 heavy (non-hydrogen) atoms. The molecule has 1 atom stereocenters. The lowest BCUT2D eigenvalue weighted by molar-refractivity contribution is -0.0202. The first-order valence-electron chi connectivity index (χ1n) is 7.01. The molecule has 2 aliphatic heterocycles. The summed E-state index contributed by atoms with van der Waals surface area (Å²) in [5.74, 6) is 0. The van der Waals surface area contributed by atoms with Crippen LogP contribution < -0.4 is 0 Å². The fourth-order valence-electron chi connectivity index (χ4n) is 3.31. The maximum atomic E-state index is 5.98. The molecule has 104 valence electrons. The molecule has 1 aromatic heterocycles. The maximum absolute atomic E-state index is 5.98. The van der Waals surface area contributed by atoms with Gasteiger partial charge in [0.05, 0.1) is 19.3 Å². The fourth-order valence-corrected chi connectivity index (χ4v) is 3.31. The third-order valence-electron chi connectivity index (χ3n) is 4.20. The molecule has 2 aliphatic rings. The minimum Gasteiger partial charge on any atom is -0.383 e. The fraction of sp³-hybridized carbons (Fsp3) is 0.667. The van der Waals surface area contributed by atoms with Crippen molar-refractivity contribution in [1.29, 1.82) is 0 Å². The highest BCUT2D eigenvalue weighted by Crippen LogP contribution is 2.41. The Morgan fingerprint density at radius 1 is 1.53 bits per heavy atom. The lowest BCUT2D eigenvalue weighted by atomic mass is 9.77. The zero-order chi connectivity index (χ0) is 13.1. The molecule has 0 N–H and O–H groups in total. The molecule has 3 rings (SSSR count). The minimum absolute atomic E-state index is 0.369. The van der Waals surface area contributed by atoms with E-state index >= 15 is 0 Å². The van der Waals surface area contributed by atoms with Crippen molar-refractivity contribution in [2.75, 3.05) is 40.0 Å². The molecule has 0 saturated carbocycles. The summed E-state index contributed by atoms with van der Waals surface area (Å²) in [6.45, 7) is 5.13. The van der Waals surface area contributed by atoms with Gasteiger partial charge in [0.15, 0.2) is 0 Å². The number of ether oxygens (including phenoxy) is 2. The van der Waals surface area contributed by atoms with E-state index in [1.807, 2.05) is 18.5 Å². The molecule has 0 bridgehead atoms. The normalized spacial score (nSPS) is 25.6. The number of nitrogens with zero attached hydrogens (tertiary/aromatic N) is 2. The Balaban J connectivity index is 1.46. The average molecular weight is 262 g/mol. The number of hydrogen-bond donors (Lipinski definition) is 0. The van der Waals surface area contributed by atoms with Crippen LogP contribution in [0.2, 0.25) is 0 Å². The van der Waals surface area contributed by atoms with Crippen molar-refractivity contribution in [3.05, 3.63) is 30.1 Å². The van der Waals surface area contributed by atoms with Crippen LogP contribution in [0.4, 0.5) is 0 Å². The minimum atomic E-state index is 0.369. The standard InChI is InChI=1S/C15H22N2O2/c1-18-6-5-17-10-15(11-17)8-14(19-12-15)7-13-3-2-4-16-9-13/h2-4,9,14H,5-8,10-12H2,1H3/t14-/m0/s1. The zero-order valence-electron chi connectivity index (χ0n) is 11.5. The Bertz CT molecular complexity index is 404. The van der Waals surface area contributed by atoms with E-state index in [9.17, 15) is 0 Å². The van der Waals surface area contributed by atoms with Crippen molar-refractivity contribution in [3.8, 4) is 0 Å². The zero-order valence-corrected chi connectivity index (χ0v) is 11.5. The molecule has 4 nitrogen and oxygen atoms in total. The second kappa shape index (κ2) is 5.57. The third kappa shape index (κ3) is 2.96. The van der Waals surface area contributed by atoms with Crippen molar-refractivity contribution in [3.63, 3.8) is 0 Å². The first kappa shape index (κ1) is 13.0. The first-order chi connectivity index (χ1) is 9.30. The number of hydrogen-bond acceptors (Lipinski definition) is 4. The van der Waals surface area contributed by atoms with Gasteiger partial charge in [-0.1, -0.05) is 6.07 Å². The second-order valence-electron chi connectivity index (χ2n) is 5.91. The summed E-state index contributed by atoms with van der Waals surface area (Å²) in [5.41, 5.74) is 1.70. The van der Waals surface area contributed by atoms with Gasteiger partial charge in [-0.15, -0.1) is 0 Å². The van der Waals surface area contributed by atoms with E-state index < -0.39 is 0 Å². The number of likely N-dealkylation sites (tertiary alicyclic amines) is 1. The van der Waals surface area contributed by atoms with Crippen LogP contribution in [0.1, 0.15) is 12.0 Å². The lowest BCUT2D eigenvalue weighted by Crippen LogP contribution is -2.57. The van der Waals surface area contributed by atoms with Crippen LogP contribution in [0.3, 0.4) is 0 Å². The summed E-state index contributed by atoms with van der Waals surface area (Å²) in [5, 5.41) is 0. The van der Waals surface area contributed by atoms with Crippen molar-refractivity contribution in [1.82, 2.24) is 9.88 Å². The maximum Gasteiger partial charge on any atom is 0.0623 e. The van der Waals surface area contributed by atoms with E-state index in [2.05, 4.69) is 16.0 Å². The van der Waals surface area contributed by atoms with Gasteiger partial charge in [0.1, 0.15) is 0 Å². The van der Waals surface area contributed by atoms with Crippen LogP contribution in [0, 0.1) is 5.41 Å². The van der Waals surface area contributed by atoms with Gasteiger partial charge >= 0.3 is 0 Å². The van der Waals surface area contributed by atoms with Gasteiger partial charge in [0.25, 0.3) is 0 Å². The lowest BCUT2D eigenvalue weighted by Gasteiger charge is -2.47. The molecule has 0 unspecified atom stereocenters. The molecular formula is C15H22N2O2. The summed E-state index contributed by atoms with van der Waals surface area (Å²) >= 11 is 0. The Labute approximate surface area is 114 Å². The topological polar surface area (TPSA) is 34.6 Å². The van der Waals surface area contributed by atoms with Crippen LogP contribution in [-0.2, 0) is 15.9 Å². The molecule has 0 amide bonds. The summed E-state index contributed by atoms with van der Waals surface area (Å²) in [6.07, 6.45) is 6.31. The van der Waals surface area contributed by atoms with Gasteiger partial charge in [-0.3, -0.25) is 9.88 Å². The molecule has 3 heterocycles. The SMILES string of the molecule is COCCN1CC2(CO[C@@H](Cc3cccnc3)C2)C1. The number of aromatic nitrogens is 1. The molecule has 1 aromatic rings. The Kier molecular flexibility index (Phi) is 3.82. The van der Waals surface area contributed by atoms with Crippen LogP contribution in [0.25, 0.3) is 0 Å². The van der Waals surface area contributed by atoms with Crippen molar-refractivity contribution in [2.24, 2.45) is 5.41 Å². The molecule has 1 spiro atoms. The predicted octanol–water partition coefficient (Wildman–Crippen LogP) is 1.36. The predicted molar refractivity (Wildman–Crippen MR) is 73.0 cm³/mol. The molecule has 2 fully saturated rings. The summed E-state index contributed by atoms with van der Waals surface area (Å²) in [4.78, 5) is 6.62. The third-order valence-corrected chi connectivity index (χ3v) is 4.20. The molecule has 2 saturated heterocycles. The van der Waals surface area contributed by atoms with Gasteiger partial charge in [-0.2, -0.15) is 0 Å².